The van der Waals surface area contributed by atoms with Crippen molar-refractivity contribution in [2.24, 2.45) is 0 Å². The second-order valence-corrected chi connectivity index (χ2v) is 6.34. The van der Waals surface area contributed by atoms with Crippen LogP contribution in [0.3, 0.4) is 0 Å². The van der Waals surface area contributed by atoms with E-state index in [4.69, 9.17) is 11.6 Å². The van der Waals surface area contributed by atoms with Crippen molar-refractivity contribution in [1.82, 2.24) is 10.0 Å². The van der Waals surface area contributed by atoms with Gasteiger partial charge < -0.3 is 5.32 Å². The summed E-state index contributed by atoms with van der Waals surface area (Å²) in [6.45, 7) is 0.808. The molecule has 7 heteroatoms. The first-order valence-electron chi connectivity index (χ1n) is 5.67. The van der Waals surface area contributed by atoms with Crippen LogP contribution in [0.2, 0.25) is 5.02 Å². The van der Waals surface area contributed by atoms with Crippen molar-refractivity contribution in [3.8, 4) is 0 Å². The lowest BCUT2D eigenvalue weighted by Crippen LogP contribution is -2.32. The largest absolute Gasteiger partial charge is 0.313 e. The number of sulfonamides is 1. The Morgan fingerprint density at radius 3 is 2.72 bits per heavy atom. The van der Waals surface area contributed by atoms with Crippen molar-refractivity contribution in [2.75, 3.05) is 13.1 Å². The summed E-state index contributed by atoms with van der Waals surface area (Å²) in [6.07, 6.45) is 2.28. The standard InChI is InChI=1S/C11H14ClFN2O2S/c12-10-4-1-8(13)7-11(10)18(16,17)15-6-5-14-9-2-3-9/h1,4,7,9,14-15H,2-3,5-6H2. The highest BCUT2D eigenvalue weighted by molar-refractivity contribution is 7.89. The summed E-state index contributed by atoms with van der Waals surface area (Å²) < 4.78 is 39.2. The van der Waals surface area contributed by atoms with E-state index >= 15 is 0 Å². The summed E-state index contributed by atoms with van der Waals surface area (Å²) in [5.74, 6) is -0.629. The van der Waals surface area contributed by atoms with Crippen LogP contribution in [0, 0.1) is 5.82 Å². The molecule has 0 aliphatic heterocycles. The van der Waals surface area contributed by atoms with Crippen LogP contribution in [0.4, 0.5) is 4.39 Å². The third-order valence-electron chi connectivity index (χ3n) is 2.61. The van der Waals surface area contributed by atoms with Crippen LogP contribution in [0.1, 0.15) is 12.8 Å². The number of benzene rings is 1. The smallest absolute Gasteiger partial charge is 0.242 e. The number of rotatable bonds is 6. The summed E-state index contributed by atoms with van der Waals surface area (Å²) >= 11 is 5.75. The fourth-order valence-electron chi connectivity index (χ4n) is 1.51. The summed E-state index contributed by atoms with van der Waals surface area (Å²) in [4.78, 5) is -0.226. The maximum absolute atomic E-state index is 13.0. The zero-order chi connectivity index (χ0) is 13.2. The Balaban J connectivity index is 1.97. The second kappa shape index (κ2) is 5.52. The van der Waals surface area contributed by atoms with Crippen molar-refractivity contribution in [1.29, 1.82) is 0 Å². The highest BCUT2D eigenvalue weighted by atomic mass is 35.5. The zero-order valence-corrected chi connectivity index (χ0v) is 11.2. The third-order valence-corrected chi connectivity index (χ3v) is 4.55. The first kappa shape index (κ1) is 13.7. The van der Waals surface area contributed by atoms with Gasteiger partial charge in [0.25, 0.3) is 0 Å². The van der Waals surface area contributed by atoms with Gasteiger partial charge in [-0.2, -0.15) is 0 Å². The number of hydrogen-bond donors (Lipinski definition) is 2. The minimum Gasteiger partial charge on any atom is -0.313 e. The van der Waals surface area contributed by atoms with E-state index in [1.54, 1.807) is 0 Å². The van der Waals surface area contributed by atoms with Gasteiger partial charge in [0.15, 0.2) is 0 Å². The van der Waals surface area contributed by atoms with E-state index in [9.17, 15) is 12.8 Å². The molecule has 0 radical (unpaired) electrons. The third kappa shape index (κ3) is 3.65. The maximum Gasteiger partial charge on any atom is 0.242 e. The molecule has 1 fully saturated rings. The molecule has 0 atom stereocenters. The van der Waals surface area contributed by atoms with E-state index < -0.39 is 15.8 Å². The molecule has 0 bridgehead atoms. The Kier molecular flexibility index (Phi) is 4.21. The fourth-order valence-corrected chi connectivity index (χ4v) is 3.05. The van der Waals surface area contributed by atoms with Crippen molar-refractivity contribution in [2.45, 2.75) is 23.8 Å². The molecule has 0 heterocycles. The highest BCUT2D eigenvalue weighted by Crippen LogP contribution is 2.22. The van der Waals surface area contributed by atoms with Gasteiger partial charge in [-0.25, -0.2) is 17.5 Å². The lowest BCUT2D eigenvalue weighted by molar-refractivity contribution is 0.572. The predicted molar refractivity (Wildman–Crippen MR) is 67.6 cm³/mol. The quantitative estimate of drug-likeness (QED) is 0.782. The second-order valence-electron chi connectivity index (χ2n) is 4.20. The Morgan fingerprint density at radius 2 is 2.06 bits per heavy atom. The molecule has 0 saturated heterocycles. The molecule has 0 aromatic heterocycles. The SMILES string of the molecule is O=S(=O)(NCCNC1CC1)c1cc(F)ccc1Cl. The van der Waals surface area contributed by atoms with E-state index in [1.807, 2.05) is 0 Å². The molecule has 1 aromatic rings. The van der Waals surface area contributed by atoms with Crippen LogP contribution in [-0.2, 0) is 10.0 Å². The van der Waals surface area contributed by atoms with Crippen molar-refractivity contribution in [3.63, 3.8) is 0 Å². The van der Waals surface area contributed by atoms with Gasteiger partial charge in [0, 0.05) is 19.1 Å². The molecule has 0 amide bonds. The van der Waals surface area contributed by atoms with Crippen LogP contribution < -0.4 is 10.0 Å². The van der Waals surface area contributed by atoms with E-state index in [2.05, 4.69) is 10.0 Å². The number of nitrogens with one attached hydrogen (secondary N) is 2. The first-order valence-corrected chi connectivity index (χ1v) is 7.53. The average molecular weight is 293 g/mol. The van der Waals surface area contributed by atoms with E-state index in [0.29, 0.717) is 12.6 Å². The first-order chi connectivity index (χ1) is 8.49. The average Bonchev–Trinajstić information content (AvgIpc) is 3.12. The van der Waals surface area contributed by atoms with Crippen LogP contribution in [0.15, 0.2) is 23.1 Å². The number of halogens is 2. The molecule has 18 heavy (non-hydrogen) atoms. The van der Waals surface area contributed by atoms with E-state index in [1.165, 1.54) is 6.07 Å². The van der Waals surface area contributed by atoms with Gasteiger partial charge in [0.2, 0.25) is 10.0 Å². The molecule has 1 aliphatic rings. The molecule has 1 saturated carbocycles. The molecule has 1 aliphatic carbocycles. The number of hydrogen-bond acceptors (Lipinski definition) is 3. The molecule has 0 spiro atoms. The minimum atomic E-state index is -3.75. The molecule has 0 unspecified atom stereocenters. The van der Waals surface area contributed by atoms with Gasteiger partial charge in [-0.1, -0.05) is 11.6 Å². The van der Waals surface area contributed by atoms with Gasteiger partial charge in [0.1, 0.15) is 10.7 Å². The van der Waals surface area contributed by atoms with Crippen LogP contribution in [0.5, 0.6) is 0 Å². The van der Waals surface area contributed by atoms with Gasteiger partial charge in [-0.3, -0.25) is 0 Å². The van der Waals surface area contributed by atoms with Crippen LogP contribution in [-0.4, -0.2) is 27.5 Å². The molecule has 100 valence electrons. The van der Waals surface area contributed by atoms with Crippen LogP contribution in [0.25, 0.3) is 0 Å². The van der Waals surface area contributed by atoms with Gasteiger partial charge in [-0.05, 0) is 31.0 Å². The monoisotopic (exact) mass is 292 g/mol. The lowest BCUT2D eigenvalue weighted by atomic mass is 10.3. The molecule has 1 aromatic carbocycles. The normalized spacial score (nSPS) is 15.9. The van der Waals surface area contributed by atoms with Crippen molar-refractivity contribution >= 4 is 21.6 Å². The summed E-state index contributed by atoms with van der Waals surface area (Å²) in [6, 6.07) is 3.79. The maximum atomic E-state index is 13.0. The van der Waals surface area contributed by atoms with Crippen LogP contribution >= 0.6 is 11.6 Å². The van der Waals surface area contributed by atoms with Gasteiger partial charge in [0.05, 0.1) is 5.02 Å². The molecular weight excluding hydrogens is 279 g/mol. The Bertz CT molecular complexity index is 532. The zero-order valence-electron chi connectivity index (χ0n) is 9.62. The summed E-state index contributed by atoms with van der Waals surface area (Å²) in [7, 11) is -3.75. The van der Waals surface area contributed by atoms with Crippen molar-refractivity contribution in [3.05, 3.63) is 29.0 Å². The minimum absolute atomic E-state index is 0.0130. The summed E-state index contributed by atoms with van der Waals surface area (Å²) in [5, 5.41) is 3.19. The van der Waals surface area contributed by atoms with E-state index in [0.717, 1.165) is 25.0 Å². The van der Waals surface area contributed by atoms with E-state index in [-0.39, 0.29) is 16.5 Å². The van der Waals surface area contributed by atoms with Gasteiger partial charge in [-0.15, -0.1) is 0 Å². The topological polar surface area (TPSA) is 58.2 Å². The lowest BCUT2D eigenvalue weighted by Gasteiger charge is -2.08. The Hall–Kier alpha value is -0.690. The highest BCUT2D eigenvalue weighted by Gasteiger charge is 2.21. The fraction of sp³-hybridized carbons (Fsp3) is 0.455. The van der Waals surface area contributed by atoms with Crippen molar-refractivity contribution < 1.29 is 12.8 Å². The predicted octanol–water partition coefficient (Wildman–Crippen LogP) is 1.51. The summed E-state index contributed by atoms with van der Waals surface area (Å²) in [5.41, 5.74) is 0. The Labute approximate surface area is 111 Å². The molecule has 2 N–H and O–H groups in total. The molecule has 2 rings (SSSR count). The molecule has 4 nitrogen and oxygen atoms in total. The Morgan fingerprint density at radius 1 is 1.33 bits per heavy atom. The molecular formula is C11H14ClFN2O2S. The van der Waals surface area contributed by atoms with Gasteiger partial charge >= 0.3 is 0 Å².